The molecule has 5 rings (SSSR count). The molecule has 1 aromatic rings. The van der Waals surface area contributed by atoms with Crippen LogP contribution >= 0.6 is 0 Å². The van der Waals surface area contributed by atoms with Crippen molar-refractivity contribution >= 4 is 11.9 Å². The van der Waals surface area contributed by atoms with E-state index in [1.165, 1.54) is 5.56 Å². The Morgan fingerprint density at radius 2 is 1.59 bits per heavy atom. The van der Waals surface area contributed by atoms with Crippen molar-refractivity contribution < 1.29 is 14.7 Å². The van der Waals surface area contributed by atoms with Gasteiger partial charge in [0.15, 0.2) is 0 Å². The molecule has 4 fully saturated rings. The normalized spacial score (nSPS) is 32.0. The van der Waals surface area contributed by atoms with E-state index in [1.54, 1.807) is 0 Å². The van der Waals surface area contributed by atoms with Crippen LogP contribution in [-0.4, -0.2) is 76.6 Å². The number of carbonyl (C=O) groups is 2. The lowest BCUT2D eigenvalue weighted by molar-refractivity contribution is -0.141. The van der Waals surface area contributed by atoms with Crippen LogP contribution in [0, 0.1) is 5.41 Å². The number of amides is 3. The molecule has 1 aromatic carbocycles. The highest BCUT2D eigenvalue weighted by Gasteiger charge is 2.51. The van der Waals surface area contributed by atoms with Gasteiger partial charge in [0, 0.05) is 38.8 Å². The van der Waals surface area contributed by atoms with Gasteiger partial charge in [0.2, 0.25) is 5.91 Å². The molecule has 32 heavy (non-hydrogen) atoms. The van der Waals surface area contributed by atoms with E-state index in [9.17, 15) is 14.7 Å². The summed E-state index contributed by atoms with van der Waals surface area (Å²) in [6.07, 6.45) is 7.90. The van der Waals surface area contributed by atoms with Gasteiger partial charge in [0.1, 0.15) is 0 Å². The molecule has 3 saturated heterocycles. The topological polar surface area (TPSA) is 64.1 Å². The van der Waals surface area contributed by atoms with Crippen molar-refractivity contribution in [1.82, 2.24) is 14.7 Å². The molecular weight excluding hydrogens is 402 g/mol. The molecule has 4 aliphatic rings. The quantitative estimate of drug-likeness (QED) is 0.766. The summed E-state index contributed by atoms with van der Waals surface area (Å²) in [5.74, 6) is 0.797. The number of rotatable bonds is 2. The predicted octanol–water partition coefficient (Wildman–Crippen LogP) is 3.60. The average Bonchev–Trinajstić information content (AvgIpc) is 3.15. The molecule has 1 saturated carbocycles. The highest BCUT2D eigenvalue weighted by Crippen LogP contribution is 2.43. The van der Waals surface area contributed by atoms with Crippen LogP contribution in [0.1, 0.15) is 69.3 Å². The van der Waals surface area contributed by atoms with Gasteiger partial charge >= 0.3 is 6.03 Å². The van der Waals surface area contributed by atoms with Crippen LogP contribution in [0.2, 0.25) is 0 Å². The Balaban J connectivity index is 1.19. The standard InChI is InChI=1S/C26H37N3O3/c30-23-9-7-22(8-10-23)29-18-14-26(24(29)31)13-4-15-28(19-26)25(32)27-16-11-21(12-17-27)20-5-2-1-3-6-20/h1-3,5-6,21-23,30H,4,7-19H2/t22-,23-,26?. The fourth-order valence-electron chi connectivity index (χ4n) is 6.57. The first-order chi connectivity index (χ1) is 15.6. The molecule has 1 unspecified atom stereocenters. The monoisotopic (exact) mass is 439 g/mol. The molecule has 3 heterocycles. The van der Waals surface area contributed by atoms with Crippen LogP contribution in [-0.2, 0) is 4.79 Å². The first-order valence-electron chi connectivity index (χ1n) is 12.6. The Hall–Kier alpha value is -2.08. The van der Waals surface area contributed by atoms with E-state index in [1.807, 2.05) is 9.80 Å². The second kappa shape index (κ2) is 9.05. The Morgan fingerprint density at radius 1 is 0.875 bits per heavy atom. The number of hydrogen-bond donors (Lipinski definition) is 1. The number of hydrogen-bond acceptors (Lipinski definition) is 3. The smallest absolute Gasteiger partial charge is 0.320 e. The number of urea groups is 1. The molecule has 3 aliphatic heterocycles. The molecule has 6 nitrogen and oxygen atoms in total. The number of aliphatic hydroxyl groups excluding tert-OH is 1. The van der Waals surface area contributed by atoms with E-state index < -0.39 is 0 Å². The summed E-state index contributed by atoms with van der Waals surface area (Å²) < 4.78 is 0. The fourth-order valence-corrected chi connectivity index (χ4v) is 6.57. The number of likely N-dealkylation sites (tertiary alicyclic amines) is 3. The molecule has 6 heteroatoms. The minimum atomic E-state index is -0.383. The number of carbonyl (C=O) groups excluding carboxylic acids is 2. The first-order valence-corrected chi connectivity index (χ1v) is 12.6. The van der Waals surface area contributed by atoms with Gasteiger partial charge < -0.3 is 19.8 Å². The second-order valence-electron chi connectivity index (χ2n) is 10.5. The minimum absolute atomic E-state index is 0.127. The third-order valence-corrected chi connectivity index (χ3v) is 8.54. The van der Waals surface area contributed by atoms with Crippen LogP contribution in [0.5, 0.6) is 0 Å². The summed E-state index contributed by atoms with van der Waals surface area (Å²) in [5, 5.41) is 9.83. The Morgan fingerprint density at radius 3 is 2.31 bits per heavy atom. The number of benzene rings is 1. The highest BCUT2D eigenvalue weighted by molar-refractivity contribution is 5.86. The summed E-state index contributed by atoms with van der Waals surface area (Å²) >= 11 is 0. The maximum absolute atomic E-state index is 13.5. The molecule has 1 atom stereocenters. The lowest BCUT2D eigenvalue weighted by Gasteiger charge is -2.43. The van der Waals surface area contributed by atoms with Crippen molar-refractivity contribution in [3.8, 4) is 0 Å². The predicted molar refractivity (Wildman–Crippen MR) is 123 cm³/mol. The summed E-state index contributed by atoms with van der Waals surface area (Å²) in [6.45, 7) is 3.75. The van der Waals surface area contributed by atoms with Crippen molar-refractivity contribution in [2.75, 3.05) is 32.7 Å². The van der Waals surface area contributed by atoms with E-state index >= 15 is 0 Å². The van der Waals surface area contributed by atoms with Gasteiger partial charge in [-0.1, -0.05) is 30.3 Å². The zero-order valence-electron chi connectivity index (χ0n) is 19.1. The SMILES string of the molecule is O=C(N1CCC(c2ccccc2)CC1)N1CCCC2(CCN([C@H]3CC[C@H](O)CC3)C2=O)C1. The Labute approximate surface area is 191 Å². The lowest BCUT2D eigenvalue weighted by atomic mass is 9.78. The van der Waals surface area contributed by atoms with Crippen LogP contribution in [0.3, 0.4) is 0 Å². The summed E-state index contributed by atoms with van der Waals surface area (Å²) in [4.78, 5) is 33.0. The number of piperidine rings is 2. The summed E-state index contributed by atoms with van der Waals surface area (Å²) in [7, 11) is 0. The van der Waals surface area contributed by atoms with Crippen LogP contribution in [0.4, 0.5) is 4.79 Å². The molecule has 0 aromatic heterocycles. The molecule has 1 N–H and O–H groups in total. The van der Waals surface area contributed by atoms with Crippen molar-refractivity contribution in [3.63, 3.8) is 0 Å². The minimum Gasteiger partial charge on any atom is -0.393 e. The molecule has 174 valence electrons. The largest absolute Gasteiger partial charge is 0.393 e. The van der Waals surface area contributed by atoms with E-state index in [0.29, 0.717) is 12.5 Å². The maximum atomic E-state index is 13.5. The van der Waals surface area contributed by atoms with Crippen LogP contribution < -0.4 is 0 Å². The first kappa shape index (κ1) is 21.7. The third kappa shape index (κ3) is 4.14. The molecule has 1 aliphatic carbocycles. The van der Waals surface area contributed by atoms with Crippen molar-refractivity contribution in [1.29, 1.82) is 0 Å². The molecule has 0 radical (unpaired) electrons. The summed E-state index contributed by atoms with van der Waals surface area (Å²) in [5.41, 5.74) is 0.996. The highest BCUT2D eigenvalue weighted by atomic mass is 16.3. The van der Waals surface area contributed by atoms with Gasteiger partial charge in [-0.05, 0) is 69.3 Å². The van der Waals surface area contributed by atoms with E-state index in [4.69, 9.17) is 0 Å². The number of nitrogens with zero attached hydrogens (tertiary/aromatic N) is 3. The summed E-state index contributed by atoms with van der Waals surface area (Å²) in [6, 6.07) is 11.0. The second-order valence-corrected chi connectivity index (χ2v) is 10.5. The third-order valence-electron chi connectivity index (χ3n) is 8.54. The zero-order valence-corrected chi connectivity index (χ0v) is 19.1. The van der Waals surface area contributed by atoms with Crippen LogP contribution in [0.15, 0.2) is 30.3 Å². The molecular formula is C26H37N3O3. The van der Waals surface area contributed by atoms with Gasteiger partial charge in [-0.15, -0.1) is 0 Å². The molecule has 1 spiro atoms. The van der Waals surface area contributed by atoms with Crippen molar-refractivity contribution in [2.45, 2.75) is 75.9 Å². The van der Waals surface area contributed by atoms with E-state index in [0.717, 1.165) is 84.0 Å². The van der Waals surface area contributed by atoms with Crippen molar-refractivity contribution in [3.05, 3.63) is 35.9 Å². The Kier molecular flexibility index (Phi) is 6.15. The van der Waals surface area contributed by atoms with Gasteiger partial charge in [0.25, 0.3) is 0 Å². The van der Waals surface area contributed by atoms with Crippen LogP contribution in [0.25, 0.3) is 0 Å². The van der Waals surface area contributed by atoms with Crippen molar-refractivity contribution in [2.24, 2.45) is 5.41 Å². The lowest BCUT2D eigenvalue weighted by Crippen LogP contribution is -2.55. The maximum Gasteiger partial charge on any atom is 0.320 e. The average molecular weight is 440 g/mol. The fraction of sp³-hybridized carbons (Fsp3) is 0.692. The Bertz CT molecular complexity index is 815. The van der Waals surface area contributed by atoms with Gasteiger partial charge in [-0.3, -0.25) is 4.79 Å². The van der Waals surface area contributed by atoms with E-state index in [2.05, 4.69) is 35.2 Å². The van der Waals surface area contributed by atoms with Gasteiger partial charge in [0.05, 0.1) is 11.5 Å². The molecule has 3 amide bonds. The number of aliphatic hydroxyl groups is 1. The zero-order chi connectivity index (χ0) is 22.1. The van der Waals surface area contributed by atoms with Gasteiger partial charge in [-0.25, -0.2) is 4.79 Å². The molecule has 0 bridgehead atoms. The van der Waals surface area contributed by atoms with E-state index in [-0.39, 0.29) is 29.5 Å². The van der Waals surface area contributed by atoms with Gasteiger partial charge in [-0.2, -0.15) is 0 Å².